The van der Waals surface area contributed by atoms with E-state index in [9.17, 15) is 0 Å². The molecule has 0 fully saturated rings. The number of hydrogen-bond donors (Lipinski definition) is 1. The molecule has 0 saturated heterocycles. The molecular weight excluding hydrogens is 194 g/mol. The molecule has 1 heterocycles. The predicted molar refractivity (Wildman–Crippen MR) is 70.9 cm³/mol. The van der Waals surface area contributed by atoms with Crippen LogP contribution in [0.5, 0.6) is 0 Å². The summed E-state index contributed by atoms with van der Waals surface area (Å²) in [5.41, 5.74) is 2.79. The zero-order valence-corrected chi connectivity index (χ0v) is 10.3. The lowest BCUT2D eigenvalue weighted by atomic mass is 9.90. The second kappa shape index (κ2) is 5.20. The molecule has 1 N–H and O–H groups in total. The van der Waals surface area contributed by atoms with Gasteiger partial charge in [-0.05, 0) is 30.4 Å². The molecule has 1 heteroatoms. The SMILES string of the molecule is CCCC(CCC)c1c[nH]c2ccccc12. The number of aromatic nitrogens is 1. The van der Waals surface area contributed by atoms with Gasteiger partial charge in [0, 0.05) is 17.1 Å². The minimum atomic E-state index is 0.728. The van der Waals surface area contributed by atoms with Gasteiger partial charge < -0.3 is 4.98 Å². The normalized spacial score (nSPS) is 11.4. The van der Waals surface area contributed by atoms with E-state index in [0.717, 1.165) is 5.92 Å². The van der Waals surface area contributed by atoms with Crippen LogP contribution in [0.4, 0.5) is 0 Å². The number of H-pyrrole nitrogens is 1. The van der Waals surface area contributed by atoms with Crippen LogP contribution in [0.2, 0.25) is 0 Å². The number of aromatic amines is 1. The molecule has 0 aliphatic carbocycles. The van der Waals surface area contributed by atoms with Crippen LogP contribution in [0, 0.1) is 0 Å². The van der Waals surface area contributed by atoms with Crippen molar-refractivity contribution < 1.29 is 0 Å². The molecule has 0 radical (unpaired) electrons. The lowest BCUT2D eigenvalue weighted by Crippen LogP contribution is -1.97. The van der Waals surface area contributed by atoms with Crippen LogP contribution in [0.15, 0.2) is 30.5 Å². The zero-order chi connectivity index (χ0) is 11.4. The summed E-state index contributed by atoms with van der Waals surface area (Å²) < 4.78 is 0. The number of nitrogens with one attached hydrogen (secondary N) is 1. The molecule has 0 amide bonds. The van der Waals surface area contributed by atoms with Crippen molar-refractivity contribution in [1.29, 1.82) is 0 Å². The quantitative estimate of drug-likeness (QED) is 0.733. The third-order valence-electron chi connectivity index (χ3n) is 3.34. The number of benzene rings is 1. The van der Waals surface area contributed by atoms with E-state index in [4.69, 9.17) is 0 Å². The minimum Gasteiger partial charge on any atom is -0.361 e. The van der Waals surface area contributed by atoms with Crippen molar-refractivity contribution in [3.05, 3.63) is 36.0 Å². The van der Waals surface area contributed by atoms with Gasteiger partial charge in [-0.15, -0.1) is 0 Å². The van der Waals surface area contributed by atoms with Crippen molar-refractivity contribution in [2.24, 2.45) is 0 Å². The Morgan fingerprint density at radius 1 is 1.06 bits per heavy atom. The van der Waals surface area contributed by atoms with Gasteiger partial charge in [-0.1, -0.05) is 44.9 Å². The lowest BCUT2D eigenvalue weighted by Gasteiger charge is -2.14. The monoisotopic (exact) mass is 215 g/mol. The van der Waals surface area contributed by atoms with Gasteiger partial charge in [0.15, 0.2) is 0 Å². The molecule has 1 aromatic heterocycles. The molecule has 86 valence electrons. The van der Waals surface area contributed by atoms with Crippen LogP contribution < -0.4 is 0 Å². The van der Waals surface area contributed by atoms with Crippen molar-refractivity contribution in [3.8, 4) is 0 Å². The second-order valence-corrected chi connectivity index (χ2v) is 4.56. The molecule has 0 aliphatic heterocycles. The van der Waals surface area contributed by atoms with E-state index >= 15 is 0 Å². The van der Waals surface area contributed by atoms with Crippen molar-refractivity contribution in [2.45, 2.75) is 45.4 Å². The van der Waals surface area contributed by atoms with Crippen LogP contribution >= 0.6 is 0 Å². The van der Waals surface area contributed by atoms with E-state index in [1.165, 1.54) is 42.1 Å². The Balaban J connectivity index is 2.36. The first kappa shape index (κ1) is 11.3. The van der Waals surface area contributed by atoms with E-state index in [1.54, 1.807) is 0 Å². The van der Waals surface area contributed by atoms with E-state index in [1.807, 2.05) is 0 Å². The Morgan fingerprint density at radius 3 is 2.44 bits per heavy atom. The molecule has 0 atom stereocenters. The van der Waals surface area contributed by atoms with Gasteiger partial charge in [0.1, 0.15) is 0 Å². The number of rotatable bonds is 5. The van der Waals surface area contributed by atoms with E-state index in [2.05, 4.69) is 49.3 Å². The molecule has 0 spiro atoms. The van der Waals surface area contributed by atoms with Crippen LogP contribution in [0.1, 0.15) is 51.0 Å². The Morgan fingerprint density at radius 2 is 1.75 bits per heavy atom. The first-order valence-electron chi connectivity index (χ1n) is 6.42. The Kier molecular flexibility index (Phi) is 3.66. The third-order valence-corrected chi connectivity index (χ3v) is 3.34. The average molecular weight is 215 g/mol. The minimum absolute atomic E-state index is 0.728. The molecule has 2 aromatic rings. The van der Waals surface area contributed by atoms with Crippen molar-refractivity contribution in [1.82, 2.24) is 4.98 Å². The maximum Gasteiger partial charge on any atom is 0.0456 e. The highest BCUT2D eigenvalue weighted by Gasteiger charge is 2.13. The maximum absolute atomic E-state index is 3.39. The van der Waals surface area contributed by atoms with Crippen molar-refractivity contribution in [2.75, 3.05) is 0 Å². The molecule has 0 aliphatic rings. The number of fused-ring (bicyclic) bond motifs is 1. The first-order valence-corrected chi connectivity index (χ1v) is 6.42. The summed E-state index contributed by atoms with van der Waals surface area (Å²) in [7, 11) is 0. The summed E-state index contributed by atoms with van der Waals surface area (Å²) in [4.78, 5) is 3.39. The topological polar surface area (TPSA) is 15.8 Å². The average Bonchev–Trinajstić information content (AvgIpc) is 2.72. The van der Waals surface area contributed by atoms with E-state index < -0.39 is 0 Å². The fourth-order valence-electron chi connectivity index (χ4n) is 2.58. The highest BCUT2D eigenvalue weighted by molar-refractivity contribution is 5.83. The van der Waals surface area contributed by atoms with E-state index in [0.29, 0.717) is 0 Å². The van der Waals surface area contributed by atoms with Crippen LogP contribution in [-0.4, -0.2) is 4.98 Å². The largest absolute Gasteiger partial charge is 0.361 e. The molecule has 0 unspecified atom stereocenters. The van der Waals surface area contributed by atoms with Crippen molar-refractivity contribution in [3.63, 3.8) is 0 Å². The first-order chi connectivity index (χ1) is 7.86. The Bertz CT molecular complexity index is 435. The van der Waals surface area contributed by atoms with Gasteiger partial charge in [0.25, 0.3) is 0 Å². The zero-order valence-electron chi connectivity index (χ0n) is 10.3. The summed E-state index contributed by atoms with van der Waals surface area (Å²) in [6.45, 7) is 4.55. The smallest absolute Gasteiger partial charge is 0.0456 e. The van der Waals surface area contributed by atoms with Gasteiger partial charge >= 0.3 is 0 Å². The van der Waals surface area contributed by atoms with Crippen LogP contribution in [0.25, 0.3) is 10.9 Å². The van der Waals surface area contributed by atoms with Crippen molar-refractivity contribution >= 4 is 10.9 Å². The summed E-state index contributed by atoms with van der Waals surface area (Å²) in [6.07, 6.45) is 7.35. The van der Waals surface area contributed by atoms with Crippen LogP contribution in [0.3, 0.4) is 0 Å². The number of hydrogen-bond acceptors (Lipinski definition) is 0. The van der Waals surface area contributed by atoms with E-state index in [-0.39, 0.29) is 0 Å². The Hall–Kier alpha value is -1.24. The standard InChI is InChI=1S/C15H21N/c1-3-7-12(8-4-2)14-11-16-15-10-6-5-9-13(14)15/h5-6,9-12,16H,3-4,7-8H2,1-2H3. The van der Waals surface area contributed by atoms with Crippen LogP contribution in [-0.2, 0) is 0 Å². The summed E-state index contributed by atoms with van der Waals surface area (Å²) >= 11 is 0. The lowest BCUT2D eigenvalue weighted by molar-refractivity contribution is 0.564. The Labute approximate surface area is 97.9 Å². The highest BCUT2D eigenvalue weighted by Crippen LogP contribution is 2.31. The van der Waals surface area contributed by atoms with Gasteiger partial charge in [-0.2, -0.15) is 0 Å². The fraction of sp³-hybridized carbons (Fsp3) is 0.467. The molecule has 1 aromatic carbocycles. The molecule has 16 heavy (non-hydrogen) atoms. The van der Waals surface area contributed by atoms with Gasteiger partial charge in [-0.25, -0.2) is 0 Å². The summed E-state index contributed by atoms with van der Waals surface area (Å²) in [5.74, 6) is 0.728. The second-order valence-electron chi connectivity index (χ2n) is 4.56. The third kappa shape index (κ3) is 2.13. The predicted octanol–water partition coefficient (Wildman–Crippen LogP) is 4.85. The molecule has 2 rings (SSSR count). The highest BCUT2D eigenvalue weighted by atomic mass is 14.7. The molecular formula is C15H21N. The summed E-state index contributed by atoms with van der Waals surface area (Å²) in [5, 5.41) is 1.41. The maximum atomic E-state index is 3.39. The fourth-order valence-corrected chi connectivity index (χ4v) is 2.58. The summed E-state index contributed by atoms with van der Waals surface area (Å²) in [6, 6.07) is 8.62. The molecule has 1 nitrogen and oxygen atoms in total. The number of para-hydroxylation sites is 1. The van der Waals surface area contributed by atoms with Gasteiger partial charge in [-0.3, -0.25) is 0 Å². The van der Waals surface area contributed by atoms with Gasteiger partial charge in [0.2, 0.25) is 0 Å². The molecule has 0 bridgehead atoms. The van der Waals surface area contributed by atoms with Gasteiger partial charge in [0.05, 0.1) is 0 Å². The molecule has 0 saturated carbocycles.